The fourth-order valence-electron chi connectivity index (χ4n) is 1.92. The molecule has 0 atom stereocenters. The molecule has 1 fully saturated rings. The number of rotatable bonds is 3. The van der Waals surface area contributed by atoms with Gasteiger partial charge in [0.1, 0.15) is 0 Å². The average Bonchev–Trinajstić information content (AvgIpc) is 2.28. The molecule has 4 heteroatoms. The van der Waals surface area contributed by atoms with Crippen LogP contribution < -0.4 is 0 Å². The maximum atomic E-state index is 11.7. The van der Waals surface area contributed by atoms with Crippen LogP contribution in [0.25, 0.3) is 0 Å². The van der Waals surface area contributed by atoms with Crippen molar-refractivity contribution in [2.24, 2.45) is 11.3 Å². The van der Waals surface area contributed by atoms with E-state index in [2.05, 4.69) is 0 Å². The minimum absolute atomic E-state index is 0.0600. The standard InChI is InChI=1S/C14H22O4/c1-9(2)8-18-13(17)12(16)10-7-14(3,4)6-5-11(10)15/h9,16H,5-8H2,1-4H3/b12-10-. The number of aliphatic hydroxyl groups excluding tert-OH is 1. The molecule has 0 aliphatic heterocycles. The number of carbonyl (C=O) groups excluding carboxylic acids is 2. The SMILES string of the molecule is CC(C)COC(=O)/C(O)=C1\CC(C)(C)CCC1=O. The van der Waals surface area contributed by atoms with Gasteiger partial charge in [0, 0.05) is 12.0 Å². The summed E-state index contributed by atoms with van der Waals surface area (Å²) in [6, 6.07) is 0. The normalized spacial score (nSPS) is 21.9. The van der Waals surface area contributed by atoms with Crippen LogP contribution in [0.1, 0.15) is 47.0 Å². The Morgan fingerprint density at radius 3 is 2.61 bits per heavy atom. The third-order valence-corrected chi connectivity index (χ3v) is 3.05. The minimum atomic E-state index is -0.787. The summed E-state index contributed by atoms with van der Waals surface area (Å²) in [5.74, 6) is -1.24. The van der Waals surface area contributed by atoms with Crippen LogP contribution in [0.4, 0.5) is 0 Å². The van der Waals surface area contributed by atoms with Crippen molar-refractivity contribution in [2.75, 3.05) is 6.61 Å². The number of esters is 1. The zero-order valence-electron chi connectivity index (χ0n) is 11.6. The second-order valence-corrected chi connectivity index (χ2v) is 6.08. The van der Waals surface area contributed by atoms with Gasteiger partial charge in [0.05, 0.1) is 6.61 Å². The molecule has 0 unspecified atom stereocenters. The molecule has 4 nitrogen and oxygen atoms in total. The smallest absolute Gasteiger partial charge is 0.373 e. The van der Waals surface area contributed by atoms with Gasteiger partial charge in [-0.05, 0) is 24.2 Å². The van der Waals surface area contributed by atoms with E-state index in [0.717, 1.165) is 6.42 Å². The molecule has 1 N–H and O–H groups in total. The van der Waals surface area contributed by atoms with Gasteiger partial charge in [-0.25, -0.2) is 4.79 Å². The predicted octanol–water partition coefficient (Wildman–Crippen LogP) is 2.78. The Kier molecular flexibility index (Phi) is 4.54. The third-order valence-electron chi connectivity index (χ3n) is 3.05. The summed E-state index contributed by atoms with van der Waals surface area (Å²) >= 11 is 0. The lowest BCUT2D eigenvalue weighted by Gasteiger charge is -2.30. The fraction of sp³-hybridized carbons (Fsp3) is 0.714. The number of allylic oxidation sites excluding steroid dienone is 1. The molecule has 0 bridgehead atoms. The lowest BCUT2D eigenvalue weighted by atomic mass is 9.74. The van der Waals surface area contributed by atoms with Crippen LogP contribution in [0.15, 0.2) is 11.3 Å². The molecule has 0 amide bonds. The zero-order chi connectivity index (χ0) is 13.9. The second-order valence-electron chi connectivity index (χ2n) is 6.08. The first-order valence-corrected chi connectivity index (χ1v) is 6.35. The topological polar surface area (TPSA) is 63.6 Å². The molecular weight excluding hydrogens is 232 g/mol. The van der Waals surface area contributed by atoms with E-state index in [-0.39, 0.29) is 29.3 Å². The first-order chi connectivity index (χ1) is 8.23. The molecule has 0 aromatic carbocycles. The summed E-state index contributed by atoms with van der Waals surface area (Å²) in [6.45, 7) is 8.10. The van der Waals surface area contributed by atoms with Gasteiger partial charge in [-0.1, -0.05) is 27.7 Å². The van der Waals surface area contributed by atoms with Crippen molar-refractivity contribution in [1.29, 1.82) is 0 Å². The Morgan fingerprint density at radius 2 is 2.06 bits per heavy atom. The molecular formula is C14H22O4. The Labute approximate surface area is 108 Å². The van der Waals surface area contributed by atoms with E-state index >= 15 is 0 Å². The molecule has 0 spiro atoms. The first kappa shape index (κ1) is 14.7. The van der Waals surface area contributed by atoms with E-state index in [0.29, 0.717) is 12.8 Å². The van der Waals surface area contributed by atoms with Gasteiger partial charge < -0.3 is 9.84 Å². The third kappa shape index (κ3) is 3.86. The van der Waals surface area contributed by atoms with Gasteiger partial charge in [-0.3, -0.25) is 4.79 Å². The summed E-state index contributed by atoms with van der Waals surface area (Å²) in [5.41, 5.74) is 0.162. The summed E-state index contributed by atoms with van der Waals surface area (Å²) < 4.78 is 4.94. The zero-order valence-corrected chi connectivity index (χ0v) is 11.6. The minimum Gasteiger partial charge on any atom is -0.502 e. The molecule has 1 saturated carbocycles. The summed E-state index contributed by atoms with van der Waals surface area (Å²) in [4.78, 5) is 23.4. The van der Waals surface area contributed by atoms with Crippen LogP contribution in [0.3, 0.4) is 0 Å². The lowest BCUT2D eigenvalue weighted by Crippen LogP contribution is -2.26. The van der Waals surface area contributed by atoms with E-state index in [9.17, 15) is 14.7 Å². The van der Waals surface area contributed by atoms with Crippen LogP contribution >= 0.6 is 0 Å². The fourth-order valence-corrected chi connectivity index (χ4v) is 1.92. The lowest BCUT2D eigenvalue weighted by molar-refractivity contribution is -0.143. The highest BCUT2D eigenvalue weighted by Crippen LogP contribution is 2.37. The van der Waals surface area contributed by atoms with Gasteiger partial charge in [-0.15, -0.1) is 0 Å². The van der Waals surface area contributed by atoms with Crippen LogP contribution in [-0.2, 0) is 14.3 Å². The van der Waals surface area contributed by atoms with Crippen molar-refractivity contribution >= 4 is 11.8 Å². The second kappa shape index (κ2) is 5.55. The van der Waals surface area contributed by atoms with Crippen molar-refractivity contribution in [3.8, 4) is 0 Å². The van der Waals surface area contributed by atoms with Crippen LogP contribution in [0, 0.1) is 11.3 Å². The van der Waals surface area contributed by atoms with Crippen molar-refractivity contribution in [1.82, 2.24) is 0 Å². The molecule has 1 aliphatic carbocycles. The molecule has 18 heavy (non-hydrogen) atoms. The highest BCUT2D eigenvalue weighted by atomic mass is 16.5. The number of aliphatic hydroxyl groups is 1. The van der Waals surface area contributed by atoms with Crippen molar-refractivity contribution < 1.29 is 19.4 Å². The van der Waals surface area contributed by atoms with E-state index in [1.165, 1.54) is 0 Å². The summed E-state index contributed by atoms with van der Waals surface area (Å²) in [7, 11) is 0. The summed E-state index contributed by atoms with van der Waals surface area (Å²) in [5, 5.41) is 9.84. The maximum absolute atomic E-state index is 11.7. The average molecular weight is 254 g/mol. The number of hydrogen-bond acceptors (Lipinski definition) is 4. The van der Waals surface area contributed by atoms with Crippen molar-refractivity contribution in [3.05, 3.63) is 11.3 Å². The van der Waals surface area contributed by atoms with E-state index in [1.54, 1.807) is 0 Å². The van der Waals surface area contributed by atoms with Gasteiger partial charge in [0.2, 0.25) is 5.76 Å². The van der Waals surface area contributed by atoms with E-state index in [4.69, 9.17) is 4.74 Å². The largest absolute Gasteiger partial charge is 0.502 e. The van der Waals surface area contributed by atoms with Gasteiger partial charge in [-0.2, -0.15) is 0 Å². The van der Waals surface area contributed by atoms with Gasteiger partial charge >= 0.3 is 5.97 Å². The molecule has 0 aromatic heterocycles. The van der Waals surface area contributed by atoms with E-state index < -0.39 is 11.7 Å². The predicted molar refractivity (Wildman–Crippen MR) is 68.1 cm³/mol. The van der Waals surface area contributed by atoms with Gasteiger partial charge in [0.15, 0.2) is 5.78 Å². The Hall–Kier alpha value is -1.32. The number of ether oxygens (including phenoxy) is 1. The Bertz CT molecular complexity index is 377. The van der Waals surface area contributed by atoms with Crippen molar-refractivity contribution in [3.63, 3.8) is 0 Å². The number of ketones is 1. The highest BCUT2D eigenvalue weighted by molar-refractivity contribution is 6.03. The molecule has 0 heterocycles. The number of carbonyl (C=O) groups is 2. The first-order valence-electron chi connectivity index (χ1n) is 6.35. The molecule has 0 radical (unpaired) electrons. The van der Waals surface area contributed by atoms with Crippen LogP contribution in [0.5, 0.6) is 0 Å². The number of hydrogen-bond donors (Lipinski definition) is 1. The van der Waals surface area contributed by atoms with Gasteiger partial charge in [0.25, 0.3) is 0 Å². The molecule has 0 aromatic rings. The van der Waals surface area contributed by atoms with Crippen molar-refractivity contribution in [2.45, 2.75) is 47.0 Å². The highest BCUT2D eigenvalue weighted by Gasteiger charge is 2.33. The molecule has 102 valence electrons. The maximum Gasteiger partial charge on any atom is 0.373 e. The number of Topliss-reactive ketones (excluding diaryl/α,β-unsaturated/α-hetero) is 1. The molecule has 0 saturated heterocycles. The molecule has 1 rings (SSSR count). The van der Waals surface area contributed by atoms with Crippen LogP contribution in [-0.4, -0.2) is 23.5 Å². The molecule has 1 aliphatic rings. The van der Waals surface area contributed by atoms with Crippen LogP contribution in [0.2, 0.25) is 0 Å². The summed E-state index contributed by atoms with van der Waals surface area (Å²) in [6.07, 6.45) is 1.59. The quantitative estimate of drug-likeness (QED) is 0.478. The monoisotopic (exact) mass is 254 g/mol. The Balaban J connectivity index is 2.82. The Morgan fingerprint density at radius 1 is 1.44 bits per heavy atom. The van der Waals surface area contributed by atoms with E-state index in [1.807, 2.05) is 27.7 Å².